The molecule has 1 heterocycles. The zero-order valence-corrected chi connectivity index (χ0v) is 21.6. The summed E-state index contributed by atoms with van der Waals surface area (Å²) in [5, 5.41) is 23.7. The fourth-order valence-corrected chi connectivity index (χ4v) is 4.97. The van der Waals surface area contributed by atoms with Crippen LogP contribution in [0.5, 0.6) is 5.75 Å². The summed E-state index contributed by atoms with van der Waals surface area (Å²) in [4.78, 5) is 39.7. The Bertz CT molecular complexity index is 1250. The molecule has 0 bridgehead atoms. The molecule has 1 fully saturated rings. The lowest BCUT2D eigenvalue weighted by Crippen LogP contribution is -2.54. The normalized spacial score (nSPS) is 19.5. The molecular formula is C30H33N3O6. The molecular weight excluding hydrogens is 498 g/mol. The van der Waals surface area contributed by atoms with E-state index in [-0.39, 0.29) is 12.3 Å². The molecule has 3 aromatic rings. The van der Waals surface area contributed by atoms with Gasteiger partial charge in [0.1, 0.15) is 11.8 Å². The van der Waals surface area contributed by atoms with Crippen LogP contribution in [0, 0.1) is 0 Å². The van der Waals surface area contributed by atoms with Gasteiger partial charge >= 0.3 is 5.97 Å². The van der Waals surface area contributed by atoms with E-state index in [4.69, 9.17) is 15.6 Å². The van der Waals surface area contributed by atoms with Gasteiger partial charge in [0.2, 0.25) is 11.8 Å². The van der Waals surface area contributed by atoms with Crippen LogP contribution in [-0.2, 0) is 14.4 Å². The third kappa shape index (κ3) is 6.27. The van der Waals surface area contributed by atoms with Gasteiger partial charge in [-0.3, -0.25) is 9.59 Å². The topological polar surface area (TPSA) is 142 Å². The second kappa shape index (κ2) is 12.6. The number of nitrogens with two attached hydrogens (primary N) is 1. The number of ether oxygens (including phenoxy) is 1. The predicted octanol–water partition coefficient (Wildman–Crippen LogP) is 2.45. The number of aliphatic carboxylic acids is 1. The van der Waals surface area contributed by atoms with E-state index in [9.17, 15) is 19.5 Å². The first-order chi connectivity index (χ1) is 18.8. The van der Waals surface area contributed by atoms with Crippen molar-refractivity contribution in [3.63, 3.8) is 0 Å². The number of likely N-dealkylation sites (tertiary alicyclic amines) is 1. The predicted molar refractivity (Wildman–Crippen MR) is 145 cm³/mol. The first kappa shape index (κ1) is 27.8. The quantitative estimate of drug-likeness (QED) is 0.315. The number of benzene rings is 3. The van der Waals surface area contributed by atoms with Crippen molar-refractivity contribution in [3.8, 4) is 5.75 Å². The molecule has 0 spiro atoms. The van der Waals surface area contributed by atoms with Gasteiger partial charge in [0, 0.05) is 18.0 Å². The van der Waals surface area contributed by atoms with Gasteiger partial charge in [-0.2, -0.15) is 0 Å². The smallest absolute Gasteiger partial charge is 0.341 e. The maximum atomic E-state index is 13.9. The summed E-state index contributed by atoms with van der Waals surface area (Å²) in [6, 6.07) is 23.0. The Morgan fingerprint density at radius 1 is 0.974 bits per heavy atom. The summed E-state index contributed by atoms with van der Waals surface area (Å²) in [7, 11) is 0. The van der Waals surface area contributed by atoms with Crippen molar-refractivity contribution in [1.29, 1.82) is 0 Å². The summed E-state index contributed by atoms with van der Waals surface area (Å²) in [6.45, 7) is 1.22. The molecule has 2 amide bonds. The minimum absolute atomic E-state index is 0.0145. The highest BCUT2D eigenvalue weighted by atomic mass is 16.5. The number of aliphatic hydroxyl groups excluding tert-OH is 1. The van der Waals surface area contributed by atoms with Crippen molar-refractivity contribution >= 4 is 17.8 Å². The number of carbonyl (C=O) groups excluding carboxylic acids is 2. The molecule has 1 aliphatic heterocycles. The van der Waals surface area contributed by atoms with Crippen molar-refractivity contribution in [1.82, 2.24) is 10.2 Å². The first-order valence-corrected chi connectivity index (χ1v) is 12.9. The van der Waals surface area contributed by atoms with Gasteiger partial charge in [-0.05, 0) is 23.6 Å². The van der Waals surface area contributed by atoms with E-state index in [1.807, 2.05) is 60.7 Å². The van der Waals surface area contributed by atoms with Crippen LogP contribution >= 0.6 is 0 Å². The van der Waals surface area contributed by atoms with Crippen LogP contribution in [0.15, 0.2) is 84.9 Å². The number of para-hydroxylation sites is 1. The van der Waals surface area contributed by atoms with E-state index >= 15 is 0 Å². The Kier molecular flexibility index (Phi) is 8.96. The van der Waals surface area contributed by atoms with E-state index in [1.165, 1.54) is 4.90 Å². The fraction of sp³-hybridized carbons (Fsp3) is 0.300. The fourth-order valence-electron chi connectivity index (χ4n) is 4.97. The van der Waals surface area contributed by atoms with Gasteiger partial charge < -0.3 is 30.9 Å². The lowest BCUT2D eigenvalue weighted by molar-refractivity contribution is -0.141. The molecule has 3 aromatic carbocycles. The van der Waals surface area contributed by atoms with Crippen molar-refractivity contribution in [2.75, 3.05) is 13.2 Å². The Balaban J connectivity index is 1.69. The molecule has 5 N–H and O–H groups in total. The van der Waals surface area contributed by atoms with Gasteiger partial charge in [-0.25, -0.2) is 4.79 Å². The highest BCUT2D eigenvalue weighted by Gasteiger charge is 2.49. The zero-order valence-electron chi connectivity index (χ0n) is 21.6. The second-order valence-electron chi connectivity index (χ2n) is 9.53. The molecule has 0 radical (unpaired) electrons. The number of carboxylic acids is 1. The van der Waals surface area contributed by atoms with E-state index < -0.39 is 54.5 Å². The molecule has 4 atom stereocenters. The lowest BCUT2D eigenvalue weighted by Gasteiger charge is -2.29. The van der Waals surface area contributed by atoms with Crippen LogP contribution in [0.4, 0.5) is 0 Å². The number of aliphatic hydroxyl groups is 1. The van der Waals surface area contributed by atoms with Crippen LogP contribution in [0.2, 0.25) is 0 Å². The van der Waals surface area contributed by atoms with E-state index in [2.05, 4.69) is 5.32 Å². The molecule has 4 rings (SSSR count). The molecule has 0 saturated carbocycles. The third-order valence-corrected chi connectivity index (χ3v) is 7.00. The van der Waals surface area contributed by atoms with Crippen molar-refractivity contribution in [3.05, 3.63) is 102 Å². The monoisotopic (exact) mass is 531 g/mol. The van der Waals surface area contributed by atoms with Crippen LogP contribution in [0.1, 0.15) is 42.0 Å². The van der Waals surface area contributed by atoms with Crippen molar-refractivity contribution in [2.24, 2.45) is 5.73 Å². The number of nitrogens with one attached hydrogen (secondary N) is 1. The lowest BCUT2D eigenvalue weighted by atomic mass is 9.92. The maximum absolute atomic E-state index is 13.9. The van der Waals surface area contributed by atoms with Crippen molar-refractivity contribution < 1.29 is 29.3 Å². The van der Waals surface area contributed by atoms with Crippen LogP contribution in [0.25, 0.3) is 0 Å². The Hall–Kier alpha value is -4.21. The minimum Gasteiger partial charge on any atom is -0.482 e. The van der Waals surface area contributed by atoms with Gasteiger partial charge in [0.15, 0.2) is 6.61 Å². The second-order valence-corrected chi connectivity index (χ2v) is 9.53. The first-order valence-electron chi connectivity index (χ1n) is 12.9. The Labute approximate surface area is 227 Å². The minimum atomic E-state index is -1.29. The van der Waals surface area contributed by atoms with Crippen molar-refractivity contribution in [2.45, 2.75) is 43.5 Å². The highest BCUT2D eigenvalue weighted by molar-refractivity contribution is 5.91. The van der Waals surface area contributed by atoms with E-state index in [1.54, 1.807) is 31.2 Å². The number of nitrogens with zero attached hydrogens (tertiary/aromatic N) is 1. The highest BCUT2D eigenvalue weighted by Crippen LogP contribution is 2.38. The average molecular weight is 532 g/mol. The molecule has 0 aliphatic carbocycles. The molecule has 204 valence electrons. The van der Waals surface area contributed by atoms with Gasteiger partial charge in [-0.15, -0.1) is 0 Å². The summed E-state index contributed by atoms with van der Waals surface area (Å²) < 4.78 is 5.46. The number of hydrogen-bond acceptors (Lipinski definition) is 6. The molecule has 0 aromatic heterocycles. The summed E-state index contributed by atoms with van der Waals surface area (Å²) in [5.74, 6) is -2.55. The number of hydrogen-bond donors (Lipinski definition) is 4. The molecule has 9 nitrogen and oxygen atoms in total. The Morgan fingerprint density at radius 3 is 2.10 bits per heavy atom. The zero-order chi connectivity index (χ0) is 27.9. The molecule has 9 heteroatoms. The number of carbonyl (C=O) groups is 3. The average Bonchev–Trinajstić information content (AvgIpc) is 3.31. The summed E-state index contributed by atoms with van der Waals surface area (Å²) in [6.07, 6.45) is -0.931. The largest absolute Gasteiger partial charge is 0.482 e. The van der Waals surface area contributed by atoms with Gasteiger partial charge in [0.05, 0.1) is 18.2 Å². The SMILES string of the molecule is CC[C@H](N)C(=O)N1C[C@H](c2ccccc2OCC(=O)O)[C@@H](O)[C@H]1C(=O)NC(c1ccccc1)c1ccccc1. The molecule has 1 saturated heterocycles. The summed E-state index contributed by atoms with van der Waals surface area (Å²) >= 11 is 0. The van der Waals surface area contributed by atoms with Gasteiger partial charge in [-0.1, -0.05) is 85.8 Å². The van der Waals surface area contributed by atoms with Crippen LogP contribution in [-0.4, -0.2) is 64.2 Å². The Morgan fingerprint density at radius 2 is 1.54 bits per heavy atom. The third-order valence-electron chi connectivity index (χ3n) is 7.00. The number of carboxylic acid groups (broad SMARTS) is 1. The summed E-state index contributed by atoms with van der Waals surface area (Å²) in [5.41, 5.74) is 8.28. The van der Waals surface area contributed by atoms with E-state index in [0.717, 1.165) is 11.1 Å². The van der Waals surface area contributed by atoms with E-state index in [0.29, 0.717) is 12.0 Å². The van der Waals surface area contributed by atoms with Gasteiger partial charge in [0.25, 0.3) is 0 Å². The molecule has 39 heavy (non-hydrogen) atoms. The molecule has 1 aliphatic rings. The van der Waals surface area contributed by atoms with Crippen LogP contribution in [0.3, 0.4) is 0 Å². The number of rotatable bonds is 10. The van der Waals surface area contributed by atoms with Crippen LogP contribution < -0.4 is 15.8 Å². The number of amides is 2. The standard InChI is InChI=1S/C30H33N3O6/c1-2-23(31)30(38)33-17-22(21-15-9-10-16-24(21)39-18-25(34)35)28(36)27(33)29(37)32-26(19-11-5-3-6-12-19)20-13-7-4-8-14-20/h3-16,22-23,26-28,36H,2,17-18,31H2,1H3,(H,32,37)(H,34,35)/t22-,23+,27+,28-/m1/s1. The maximum Gasteiger partial charge on any atom is 0.341 e. The molecule has 0 unspecified atom stereocenters.